The predicted octanol–water partition coefficient (Wildman–Crippen LogP) is 1.55. The lowest BCUT2D eigenvalue weighted by Crippen LogP contribution is -2.38. The van der Waals surface area contributed by atoms with Crippen LogP contribution in [0.1, 0.15) is 29.8 Å². The van der Waals surface area contributed by atoms with Gasteiger partial charge in [-0.3, -0.25) is 4.79 Å². The van der Waals surface area contributed by atoms with Gasteiger partial charge in [-0.25, -0.2) is 4.79 Å². The van der Waals surface area contributed by atoms with Gasteiger partial charge in [0.2, 0.25) is 5.91 Å². The number of rotatable bonds is 5. The molecule has 6 heteroatoms. The van der Waals surface area contributed by atoms with Crippen molar-refractivity contribution >= 4 is 23.3 Å². The molecule has 1 amide bonds. The molecule has 0 bridgehead atoms. The molecule has 4 N–H and O–H groups in total. The SMILES string of the molecule is CCN(C)C(=O)C(C)Nc1cc(C)c(N)c(C(=O)O)c1. The van der Waals surface area contributed by atoms with Crippen LogP contribution in [0.5, 0.6) is 0 Å². The summed E-state index contributed by atoms with van der Waals surface area (Å²) < 4.78 is 0. The molecule has 0 fully saturated rings. The molecule has 0 aliphatic carbocycles. The maximum Gasteiger partial charge on any atom is 0.337 e. The second-order valence-electron chi connectivity index (χ2n) is 4.78. The Bertz CT molecular complexity index is 529. The van der Waals surface area contributed by atoms with Crippen molar-refractivity contribution in [2.24, 2.45) is 0 Å². The third-order valence-electron chi connectivity index (χ3n) is 3.22. The fraction of sp³-hybridized carbons (Fsp3) is 0.429. The highest BCUT2D eigenvalue weighted by atomic mass is 16.4. The molecule has 0 heterocycles. The molecule has 0 saturated heterocycles. The predicted molar refractivity (Wildman–Crippen MR) is 78.9 cm³/mol. The van der Waals surface area contributed by atoms with Gasteiger partial charge < -0.3 is 21.1 Å². The third kappa shape index (κ3) is 3.40. The van der Waals surface area contributed by atoms with E-state index < -0.39 is 12.0 Å². The zero-order valence-corrected chi connectivity index (χ0v) is 12.2. The van der Waals surface area contributed by atoms with Crippen LogP contribution in [0.25, 0.3) is 0 Å². The molecule has 0 spiro atoms. The summed E-state index contributed by atoms with van der Waals surface area (Å²) in [5.41, 5.74) is 7.24. The van der Waals surface area contributed by atoms with E-state index in [1.807, 2.05) is 6.92 Å². The highest BCUT2D eigenvalue weighted by molar-refractivity contribution is 5.96. The molecule has 1 atom stereocenters. The Hall–Kier alpha value is -2.24. The number of carbonyl (C=O) groups is 2. The average Bonchev–Trinajstić information content (AvgIpc) is 2.40. The first-order valence-electron chi connectivity index (χ1n) is 6.42. The van der Waals surface area contributed by atoms with E-state index in [0.717, 1.165) is 0 Å². The molecule has 0 saturated carbocycles. The molecular weight excluding hydrogens is 258 g/mol. The number of likely N-dealkylation sites (N-methyl/N-ethyl adjacent to an activating group) is 1. The van der Waals surface area contributed by atoms with Crippen molar-refractivity contribution in [2.45, 2.75) is 26.8 Å². The number of amides is 1. The Labute approximate surface area is 118 Å². The lowest BCUT2D eigenvalue weighted by molar-refractivity contribution is -0.130. The standard InChI is InChI=1S/C14H21N3O3/c1-5-17(4)13(18)9(3)16-10-6-8(2)12(15)11(7-10)14(19)20/h6-7,9,16H,5,15H2,1-4H3,(H,19,20). The van der Waals surface area contributed by atoms with E-state index >= 15 is 0 Å². The van der Waals surface area contributed by atoms with Crippen molar-refractivity contribution in [2.75, 3.05) is 24.6 Å². The minimum atomic E-state index is -1.08. The molecular formula is C14H21N3O3. The molecule has 6 nitrogen and oxygen atoms in total. The second kappa shape index (κ2) is 6.27. The lowest BCUT2D eigenvalue weighted by Gasteiger charge is -2.22. The zero-order valence-electron chi connectivity index (χ0n) is 12.2. The van der Waals surface area contributed by atoms with Crippen molar-refractivity contribution in [3.8, 4) is 0 Å². The fourth-order valence-corrected chi connectivity index (χ4v) is 1.86. The molecule has 0 aliphatic rings. The maximum atomic E-state index is 12.0. The Morgan fingerprint density at radius 2 is 2.05 bits per heavy atom. The number of benzene rings is 1. The molecule has 1 aromatic rings. The van der Waals surface area contributed by atoms with Crippen LogP contribution in [0.2, 0.25) is 0 Å². The Morgan fingerprint density at radius 1 is 1.45 bits per heavy atom. The van der Waals surface area contributed by atoms with E-state index in [4.69, 9.17) is 10.8 Å². The van der Waals surface area contributed by atoms with Crippen LogP contribution in [-0.4, -0.2) is 41.5 Å². The number of carbonyl (C=O) groups excluding carboxylic acids is 1. The molecule has 1 aromatic carbocycles. The number of carboxylic acids is 1. The normalized spacial score (nSPS) is 11.8. The quantitative estimate of drug-likeness (QED) is 0.711. The van der Waals surface area contributed by atoms with Crippen LogP contribution in [0.4, 0.5) is 11.4 Å². The molecule has 0 aromatic heterocycles. The number of nitrogens with zero attached hydrogens (tertiary/aromatic N) is 1. The van der Waals surface area contributed by atoms with Crippen molar-refractivity contribution in [3.63, 3.8) is 0 Å². The monoisotopic (exact) mass is 279 g/mol. The van der Waals surface area contributed by atoms with Gasteiger partial charge >= 0.3 is 5.97 Å². The molecule has 0 aliphatic heterocycles. The van der Waals surface area contributed by atoms with Crippen molar-refractivity contribution in [1.82, 2.24) is 4.90 Å². The fourth-order valence-electron chi connectivity index (χ4n) is 1.86. The Kier molecular flexibility index (Phi) is 4.96. The van der Waals surface area contributed by atoms with Crippen molar-refractivity contribution < 1.29 is 14.7 Å². The van der Waals surface area contributed by atoms with E-state index in [-0.39, 0.29) is 17.2 Å². The summed E-state index contributed by atoms with van der Waals surface area (Å²) in [6.45, 7) is 5.98. The number of aromatic carboxylic acids is 1. The summed E-state index contributed by atoms with van der Waals surface area (Å²) in [5.74, 6) is -1.14. The van der Waals surface area contributed by atoms with Gasteiger partial charge in [0.05, 0.1) is 5.56 Å². The van der Waals surface area contributed by atoms with Crippen LogP contribution in [0, 0.1) is 6.92 Å². The molecule has 1 unspecified atom stereocenters. The first kappa shape index (κ1) is 15.8. The summed E-state index contributed by atoms with van der Waals surface area (Å²) in [6, 6.07) is 2.74. The van der Waals surface area contributed by atoms with Gasteiger partial charge in [-0.05, 0) is 38.5 Å². The summed E-state index contributed by atoms with van der Waals surface area (Å²) in [4.78, 5) is 24.7. The Morgan fingerprint density at radius 3 is 2.55 bits per heavy atom. The van der Waals surface area contributed by atoms with Crippen molar-refractivity contribution in [3.05, 3.63) is 23.3 Å². The smallest absolute Gasteiger partial charge is 0.337 e. The second-order valence-corrected chi connectivity index (χ2v) is 4.78. The largest absolute Gasteiger partial charge is 0.478 e. The Balaban J connectivity index is 2.99. The van der Waals surface area contributed by atoms with Crippen LogP contribution >= 0.6 is 0 Å². The highest BCUT2D eigenvalue weighted by Crippen LogP contribution is 2.23. The van der Waals surface area contributed by atoms with E-state index in [0.29, 0.717) is 17.8 Å². The molecule has 20 heavy (non-hydrogen) atoms. The summed E-state index contributed by atoms with van der Waals surface area (Å²) in [7, 11) is 1.72. The number of nitrogens with two attached hydrogens (primary N) is 1. The van der Waals surface area contributed by atoms with E-state index in [1.165, 1.54) is 6.07 Å². The van der Waals surface area contributed by atoms with Crippen LogP contribution in [0.15, 0.2) is 12.1 Å². The topological polar surface area (TPSA) is 95.7 Å². The zero-order chi connectivity index (χ0) is 15.4. The first-order valence-corrected chi connectivity index (χ1v) is 6.42. The number of anilines is 2. The van der Waals surface area contributed by atoms with Gasteiger partial charge in [-0.15, -0.1) is 0 Å². The van der Waals surface area contributed by atoms with Crippen LogP contribution in [-0.2, 0) is 4.79 Å². The van der Waals surface area contributed by atoms with Crippen LogP contribution < -0.4 is 11.1 Å². The first-order chi connectivity index (χ1) is 9.27. The number of aryl methyl sites for hydroxylation is 1. The summed E-state index contributed by atoms with van der Waals surface area (Å²) in [5, 5.41) is 12.1. The molecule has 110 valence electrons. The number of nitrogen functional groups attached to an aromatic ring is 1. The summed E-state index contributed by atoms with van der Waals surface area (Å²) in [6.07, 6.45) is 0. The van der Waals surface area contributed by atoms with E-state index in [2.05, 4.69) is 5.32 Å². The minimum absolute atomic E-state index is 0.0380. The maximum absolute atomic E-state index is 12.0. The van der Waals surface area contributed by atoms with Gasteiger partial charge in [0.1, 0.15) is 6.04 Å². The number of carboxylic acid groups (broad SMARTS) is 1. The van der Waals surface area contributed by atoms with Gasteiger partial charge in [-0.1, -0.05) is 0 Å². The minimum Gasteiger partial charge on any atom is -0.478 e. The molecule has 0 radical (unpaired) electrons. The highest BCUT2D eigenvalue weighted by Gasteiger charge is 2.18. The van der Waals surface area contributed by atoms with Gasteiger partial charge in [0, 0.05) is 25.0 Å². The van der Waals surface area contributed by atoms with Gasteiger partial charge in [0.15, 0.2) is 0 Å². The third-order valence-corrected chi connectivity index (χ3v) is 3.22. The average molecular weight is 279 g/mol. The van der Waals surface area contributed by atoms with Gasteiger partial charge in [0.25, 0.3) is 0 Å². The van der Waals surface area contributed by atoms with Crippen molar-refractivity contribution in [1.29, 1.82) is 0 Å². The lowest BCUT2D eigenvalue weighted by atomic mass is 10.1. The number of nitrogens with one attached hydrogen (secondary N) is 1. The molecule has 1 rings (SSSR count). The summed E-state index contributed by atoms with van der Waals surface area (Å²) >= 11 is 0. The number of hydrogen-bond acceptors (Lipinski definition) is 4. The van der Waals surface area contributed by atoms with Gasteiger partial charge in [-0.2, -0.15) is 0 Å². The van der Waals surface area contributed by atoms with E-state index in [9.17, 15) is 9.59 Å². The van der Waals surface area contributed by atoms with E-state index in [1.54, 1.807) is 31.9 Å². The van der Waals surface area contributed by atoms with Crippen LogP contribution in [0.3, 0.4) is 0 Å². The number of hydrogen-bond donors (Lipinski definition) is 3.